The van der Waals surface area contributed by atoms with Crippen molar-refractivity contribution in [1.82, 2.24) is 15.3 Å². The number of thiol groups is 1. The van der Waals surface area contributed by atoms with Gasteiger partial charge in [0.15, 0.2) is 18.3 Å². The van der Waals surface area contributed by atoms with E-state index in [2.05, 4.69) is 53.2 Å². The fourth-order valence-electron chi connectivity index (χ4n) is 8.84. The number of carbonyl (C=O) groups is 1. The Hall–Kier alpha value is -2.69. The quantitative estimate of drug-likeness (QED) is 0.276. The first-order valence-electron chi connectivity index (χ1n) is 14.1. The standard InChI is InChI=1S/C30H37FN4O4S/c1-28-11-17(13-32-3)22(35-19-5-7-24(31)33-14-19)10-18(28)4-6-20-21-8-9-30(27(37)40,39-25-15-38-16-34-25)29(21,2)12-23(36)26(20)28/h5,7,10,14-16,20-21,23,26,32,35-36H,4,6,8-9,11-13H2,1-3H3,(H,37,40)/t20-,21?,23?,26?,28-,29-,30-/m0/s1. The second-order valence-electron chi connectivity index (χ2n) is 12.4. The summed E-state index contributed by atoms with van der Waals surface area (Å²) in [6, 6.07) is 3.04. The molecule has 2 aromatic rings. The maximum Gasteiger partial charge on any atom is 0.253 e. The Morgan fingerprint density at radius 1 is 1.30 bits per heavy atom. The molecule has 0 saturated heterocycles. The number of allylic oxidation sites excluding steroid dienone is 2. The Bertz CT molecular complexity index is 1350. The van der Waals surface area contributed by atoms with E-state index in [1.807, 2.05) is 7.05 Å². The number of aromatic nitrogens is 2. The number of pyridine rings is 1. The lowest BCUT2D eigenvalue weighted by Gasteiger charge is -2.60. The molecule has 0 bridgehead atoms. The monoisotopic (exact) mass is 568 g/mol. The van der Waals surface area contributed by atoms with Crippen molar-refractivity contribution >= 4 is 23.4 Å². The molecule has 0 aliphatic heterocycles. The number of likely N-dealkylation sites (N-methyl/N-ethyl adjacent to an activating group) is 1. The van der Waals surface area contributed by atoms with Crippen LogP contribution in [0, 0.1) is 34.5 Å². The minimum Gasteiger partial charge on any atom is -0.459 e. The number of halogens is 1. The van der Waals surface area contributed by atoms with Gasteiger partial charge >= 0.3 is 0 Å². The Morgan fingerprint density at radius 2 is 2.12 bits per heavy atom. The first kappa shape index (κ1) is 27.5. The number of aliphatic hydroxyl groups is 1. The van der Waals surface area contributed by atoms with E-state index in [1.165, 1.54) is 36.1 Å². The predicted molar refractivity (Wildman–Crippen MR) is 151 cm³/mol. The first-order valence-corrected chi connectivity index (χ1v) is 14.5. The number of nitrogens with zero attached hydrogens (tertiary/aromatic N) is 2. The molecular weight excluding hydrogens is 531 g/mol. The smallest absolute Gasteiger partial charge is 0.253 e. The maximum absolute atomic E-state index is 13.4. The van der Waals surface area contributed by atoms with Gasteiger partial charge < -0.3 is 24.9 Å². The van der Waals surface area contributed by atoms with Gasteiger partial charge in [-0.05, 0) is 92.5 Å². The molecule has 6 rings (SSSR count). The van der Waals surface area contributed by atoms with Crippen LogP contribution in [0.3, 0.4) is 0 Å². The third kappa shape index (κ3) is 4.13. The van der Waals surface area contributed by atoms with Gasteiger partial charge in [-0.15, -0.1) is 12.6 Å². The number of aliphatic hydroxyl groups excluding tert-OH is 1. The van der Waals surface area contributed by atoms with Crippen LogP contribution in [0.15, 0.2) is 58.3 Å². The Kier molecular flexibility index (Phi) is 6.86. The molecule has 214 valence electrons. The van der Waals surface area contributed by atoms with Gasteiger partial charge in [0.2, 0.25) is 11.1 Å². The van der Waals surface area contributed by atoms with Crippen LogP contribution in [0.1, 0.15) is 52.4 Å². The van der Waals surface area contributed by atoms with Crippen LogP contribution in [0.4, 0.5) is 10.1 Å². The van der Waals surface area contributed by atoms with Crippen molar-refractivity contribution in [2.75, 3.05) is 18.9 Å². The molecule has 3 unspecified atom stereocenters. The molecule has 8 nitrogen and oxygen atoms in total. The number of anilines is 1. The predicted octanol–water partition coefficient (Wildman–Crippen LogP) is 4.91. The number of ether oxygens (including phenoxy) is 1. The van der Waals surface area contributed by atoms with E-state index in [1.54, 1.807) is 6.07 Å². The fourth-order valence-corrected chi connectivity index (χ4v) is 9.25. The second kappa shape index (κ2) is 9.99. The molecule has 0 amide bonds. The first-order chi connectivity index (χ1) is 19.1. The third-order valence-electron chi connectivity index (χ3n) is 10.5. The zero-order valence-corrected chi connectivity index (χ0v) is 24.0. The number of carbonyl (C=O) groups excluding carboxylic acids is 1. The average Bonchev–Trinajstić information content (AvgIpc) is 3.52. The largest absolute Gasteiger partial charge is 0.459 e. The van der Waals surface area contributed by atoms with Crippen LogP contribution in [0.25, 0.3) is 0 Å². The van der Waals surface area contributed by atoms with Crippen LogP contribution in [-0.2, 0) is 4.79 Å². The summed E-state index contributed by atoms with van der Waals surface area (Å²) in [4.78, 5) is 21.1. The molecule has 4 aliphatic carbocycles. The molecule has 2 heterocycles. The zero-order valence-electron chi connectivity index (χ0n) is 23.1. The minimum absolute atomic E-state index is 0.0457. The van der Waals surface area contributed by atoms with Gasteiger partial charge in [0.1, 0.15) is 0 Å². The summed E-state index contributed by atoms with van der Waals surface area (Å²) < 4.78 is 24.8. The van der Waals surface area contributed by atoms with Crippen LogP contribution < -0.4 is 15.4 Å². The van der Waals surface area contributed by atoms with Gasteiger partial charge in [0.05, 0.1) is 18.0 Å². The van der Waals surface area contributed by atoms with E-state index in [9.17, 15) is 14.3 Å². The van der Waals surface area contributed by atoms with Crippen molar-refractivity contribution in [1.29, 1.82) is 0 Å². The summed E-state index contributed by atoms with van der Waals surface area (Å²) in [6.07, 6.45) is 10.3. The van der Waals surface area contributed by atoms with E-state index in [4.69, 9.17) is 9.15 Å². The normalized spacial score (nSPS) is 36.8. The van der Waals surface area contributed by atoms with Gasteiger partial charge in [-0.25, -0.2) is 4.98 Å². The highest BCUT2D eigenvalue weighted by molar-refractivity contribution is 7.96. The van der Waals surface area contributed by atoms with Crippen molar-refractivity contribution in [3.8, 4) is 5.88 Å². The molecule has 40 heavy (non-hydrogen) atoms. The lowest BCUT2D eigenvalue weighted by Crippen LogP contribution is -2.62. The van der Waals surface area contributed by atoms with E-state index < -0.39 is 23.1 Å². The van der Waals surface area contributed by atoms with Gasteiger partial charge in [-0.3, -0.25) is 4.79 Å². The van der Waals surface area contributed by atoms with Gasteiger partial charge in [-0.2, -0.15) is 9.37 Å². The number of hydrogen-bond acceptors (Lipinski definition) is 8. The highest BCUT2D eigenvalue weighted by Gasteiger charge is 2.70. The summed E-state index contributed by atoms with van der Waals surface area (Å²) >= 11 is 4.33. The number of hydrogen-bond donors (Lipinski definition) is 4. The summed E-state index contributed by atoms with van der Waals surface area (Å²) in [5, 5.41) is 18.4. The lowest BCUT2D eigenvalue weighted by atomic mass is 9.45. The van der Waals surface area contributed by atoms with Crippen molar-refractivity contribution in [2.24, 2.45) is 28.6 Å². The summed E-state index contributed by atoms with van der Waals surface area (Å²) in [7, 11) is 1.93. The Morgan fingerprint density at radius 3 is 2.80 bits per heavy atom. The molecule has 2 aromatic heterocycles. The van der Waals surface area contributed by atoms with E-state index in [0.717, 1.165) is 37.1 Å². The van der Waals surface area contributed by atoms with Crippen LogP contribution >= 0.6 is 12.6 Å². The van der Waals surface area contributed by atoms with Crippen molar-refractivity contribution < 1.29 is 23.4 Å². The molecule has 0 spiro atoms. The zero-order chi connectivity index (χ0) is 28.3. The number of nitrogens with one attached hydrogen (secondary N) is 2. The van der Waals surface area contributed by atoms with Crippen molar-refractivity contribution in [3.63, 3.8) is 0 Å². The van der Waals surface area contributed by atoms with Gasteiger partial charge in [-0.1, -0.05) is 19.4 Å². The van der Waals surface area contributed by atoms with Crippen molar-refractivity contribution in [2.45, 2.75) is 64.1 Å². The highest BCUT2D eigenvalue weighted by Crippen LogP contribution is 2.68. The molecule has 7 atom stereocenters. The second-order valence-corrected chi connectivity index (χ2v) is 12.8. The van der Waals surface area contributed by atoms with E-state index in [0.29, 0.717) is 19.4 Å². The van der Waals surface area contributed by atoms with E-state index in [-0.39, 0.29) is 34.2 Å². The average molecular weight is 569 g/mol. The fraction of sp³-hybridized carbons (Fsp3) is 0.567. The van der Waals surface area contributed by atoms with Crippen molar-refractivity contribution in [3.05, 3.63) is 59.9 Å². The summed E-state index contributed by atoms with van der Waals surface area (Å²) in [5.41, 5.74) is 2.27. The molecule has 0 aromatic carbocycles. The topological polar surface area (TPSA) is 110 Å². The number of oxazole rings is 1. The van der Waals surface area contributed by atoms with Crippen LogP contribution in [0.2, 0.25) is 0 Å². The molecule has 3 fully saturated rings. The Labute approximate surface area is 239 Å². The molecule has 0 radical (unpaired) electrons. The van der Waals surface area contributed by atoms with Gasteiger partial charge in [0.25, 0.3) is 5.88 Å². The molecular formula is C30H37FN4O4S. The third-order valence-corrected chi connectivity index (χ3v) is 10.9. The molecule has 3 N–H and O–H groups in total. The summed E-state index contributed by atoms with van der Waals surface area (Å²) in [6.45, 7) is 5.08. The van der Waals surface area contributed by atoms with Crippen LogP contribution in [0.5, 0.6) is 5.88 Å². The highest BCUT2D eigenvalue weighted by atomic mass is 32.1. The molecule has 10 heteroatoms. The number of fused-ring (bicyclic) bond motifs is 5. The Balaban J connectivity index is 1.33. The minimum atomic E-state index is -1.18. The van der Waals surface area contributed by atoms with E-state index >= 15 is 0 Å². The number of rotatable bonds is 7. The van der Waals surface area contributed by atoms with Gasteiger partial charge in [0, 0.05) is 17.7 Å². The van der Waals surface area contributed by atoms with Crippen LogP contribution in [-0.4, -0.2) is 45.5 Å². The molecule has 3 saturated carbocycles. The summed E-state index contributed by atoms with van der Waals surface area (Å²) in [5.74, 6) is 0.238. The molecule has 4 aliphatic rings. The lowest BCUT2D eigenvalue weighted by molar-refractivity contribution is -0.167. The maximum atomic E-state index is 13.4. The SMILES string of the molecule is CNCC1=C(Nc2ccc(F)nc2)C=C2CC[C@@H]3C(C(O)C[C@@]4(C)C3CC[C@]4(Oc3cocn3)C(=O)S)[C@@]2(C)C1.